The molecule has 1 atom stereocenters. The molecule has 0 saturated carbocycles. The lowest BCUT2D eigenvalue weighted by atomic mass is 10.0. The zero-order chi connectivity index (χ0) is 13.1. The van der Waals surface area contributed by atoms with E-state index in [1.54, 1.807) is 6.92 Å². The third kappa shape index (κ3) is 2.97. The smallest absolute Gasteiger partial charge is 0.354 e. The fourth-order valence-corrected chi connectivity index (χ4v) is 2.27. The van der Waals surface area contributed by atoms with Gasteiger partial charge in [0.05, 0.1) is 0 Å². The highest BCUT2D eigenvalue weighted by molar-refractivity contribution is 5.85. The number of carbonyl (C=O) groups is 1. The van der Waals surface area contributed by atoms with E-state index in [1.165, 1.54) is 12.5 Å². The van der Waals surface area contributed by atoms with E-state index in [1.807, 2.05) is 0 Å². The molecule has 0 aromatic carbocycles. The maximum Gasteiger partial charge on any atom is 0.354 e. The van der Waals surface area contributed by atoms with Gasteiger partial charge in [-0.05, 0) is 38.2 Å². The van der Waals surface area contributed by atoms with E-state index in [-0.39, 0.29) is 5.69 Å². The number of rotatable bonds is 2. The molecule has 0 amide bonds. The van der Waals surface area contributed by atoms with Crippen molar-refractivity contribution in [2.24, 2.45) is 5.92 Å². The predicted molar refractivity (Wildman–Crippen MR) is 69.0 cm³/mol. The normalized spacial score (nSPS) is 20.6. The SMILES string of the molecule is Cc1cc(C(=O)O)nc(N2CCCC(C)CC2)n1. The number of aromatic nitrogens is 2. The van der Waals surface area contributed by atoms with Gasteiger partial charge in [-0.1, -0.05) is 6.92 Å². The first kappa shape index (κ1) is 12.8. The summed E-state index contributed by atoms with van der Waals surface area (Å²) in [7, 11) is 0. The zero-order valence-electron chi connectivity index (χ0n) is 10.9. The van der Waals surface area contributed by atoms with Crippen LogP contribution in [0.4, 0.5) is 5.95 Å². The van der Waals surface area contributed by atoms with E-state index in [4.69, 9.17) is 5.11 Å². The molecular weight excluding hydrogens is 230 g/mol. The topological polar surface area (TPSA) is 66.3 Å². The molecule has 2 heterocycles. The average Bonchev–Trinajstić information content (AvgIpc) is 2.53. The lowest BCUT2D eigenvalue weighted by molar-refractivity contribution is 0.0690. The van der Waals surface area contributed by atoms with E-state index >= 15 is 0 Å². The first-order valence-corrected chi connectivity index (χ1v) is 6.40. The number of hydrogen-bond donors (Lipinski definition) is 1. The van der Waals surface area contributed by atoms with Crippen molar-refractivity contribution in [3.63, 3.8) is 0 Å². The van der Waals surface area contributed by atoms with Gasteiger partial charge in [-0.2, -0.15) is 0 Å². The van der Waals surface area contributed by atoms with Crippen LogP contribution in [-0.4, -0.2) is 34.1 Å². The Kier molecular flexibility index (Phi) is 3.79. The molecule has 1 aromatic heterocycles. The number of carboxylic acids is 1. The van der Waals surface area contributed by atoms with Crippen molar-refractivity contribution >= 4 is 11.9 Å². The van der Waals surface area contributed by atoms with Crippen LogP contribution in [0.5, 0.6) is 0 Å². The van der Waals surface area contributed by atoms with Crippen molar-refractivity contribution < 1.29 is 9.90 Å². The Bertz CT molecular complexity index is 448. The van der Waals surface area contributed by atoms with Crippen molar-refractivity contribution in [2.75, 3.05) is 18.0 Å². The first-order chi connectivity index (χ1) is 8.56. The van der Waals surface area contributed by atoms with Crippen LogP contribution in [0.1, 0.15) is 42.4 Å². The van der Waals surface area contributed by atoms with Crippen LogP contribution in [0, 0.1) is 12.8 Å². The van der Waals surface area contributed by atoms with Crippen molar-refractivity contribution in [1.29, 1.82) is 0 Å². The van der Waals surface area contributed by atoms with Gasteiger partial charge >= 0.3 is 5.97 Å². The Labute approximate surface area is 107 Å². The average molecular weight is 249 g/mol. The quantitative estimate of drug-likeness (QED) is 0.869. The molecule has 0 bridgehead atoms. The Morgan fingerprint density at radius 1 is 1.39 bits per heavy atom. The highest BCUT2D eigenvalue weighted by atomic mass is 16.4. The van der Waals surface area contributed by atoms with Gasteiger partial charge in [-0.15, -0.1) is 0 Å². The molecule has 0 spiro atoms. The van der Waals surface area contributed by atoms with Crippen LogP contribution in [0.15, 0.2) is 6.07 Å². The Morgan fingerprint density at radius 3 is 2.89 bits per heavy atom. The van der Waals surface area contributed by atoms with Crippen molar-refractivity contribution in [2.45, 2.75) is 33.1 Å². The Hall–Kier alpha value is -1.65. The molecule has 98 valence electrons. The van der Waals surface area contributed by atoms with Gasteiger partial charge in [0.2, 0.25) is 5.95 Å². The third-order valence-corrected chi connectivity index (χ3v) is 3.36. The van der Waals surface area contributed by atoms with Crippen LogP contribution in [0.25, 0.3) is 0 Å². The molecule has 1 saturated heterocycles. The van der Waals surface area contributed by atoms with Gasteiger partial charge in [0.25, 0.3) is 0 Å². The van der Waals surface area contributed by atoms with Crippen LogP contribution >= 0.6 is 0 Å². The van der Waals surface area contributed by atoms with Crippen molar-refractivity contribution in [3.05, 3.63) is 17.5 Å². The summed E-state index contributed by atoms with van der Waals surface area (Å²) in [6.45, 7) is 5.87. The number of nitrogens with zero attached hydrogens (tertiary/aromatic N) is 3. The molecular formula is C13H19N3O2. The Balaban J connectivity index is 2.24. The maximum atomic E-state index is 11.0. The molecule has 1 aliphatic rings. The van der Waals surface area contributed by atoms with Crippen LogP contribution in [0.3, 0.4) is 0 Å². The van der Waals surface area contributed by atoms with Crippen LogP contribution in [0.2, 0.25) is 0 Å². The summed E-state index contributed by atoms with van der Waals surface area (Å²) >= 11 is 0. The molecule has 1 aromatic rings. The highest BCUT2D eigenvalue weighted by Crippen LogP contribution is 2.20. The Morgan fingerprint density at radius 2 is 2.17 bits per heavy atom. The van der Waals surface area contributed by atoms with Gasteiger partial charge in [0.1, 0.15) is 0 Å². The van der Waals surface area contributed by atoms with E-state index in [2.05, 4.69) is 21.8 Å². The second-order valence-electron chi connectivity index (χ2n) is 5.02. The summed E-state index contributed by atoms with van der Waals surface area (Å²) in [5.74, 6) is 0.283. The van der Waals surface area contributed by atoms with E-state index < -0.39 is 5.97 Å². The van der Waals surface area contributed by atoms with E-state index in [0.717, 1.165) is 31.8 Å². The predicted octanol–water partition coefficient (Wildman–Crippen LogP) is 2.11. The molecule has 1 aliphatic heterocycles. The second kappa shape index (κ2) is 5.33. The fraction of sp³-hybridized carbons (Fsp3) is 0.615. The van der Waals surface area contributed by atoms with Crippen molar-refractivity contribution in [3.8, 4) is 0 Å². The maximum absolute atomic E-state index is 11.0. The number of hydrogen-bond acceptors (Lipinski definition) is 4. The van der Waals surface area contributed by atoms with Crippen LogP contribution in [-0.2, 0) is 0 Å². The molecule has 0 aliphatic carbocycles. The fourth-order valence-electron chi connectivity index (χ4n) is 2.27. The van der Waals surface area contributed by atoms with Gasteiger partial charge in [-0.3, -0.25) is 0 Å². The largest absolute Gasteiger partial charge is 0.477 e. The van der Waals surface area contributed by atoms with E-state index in [9.17, 15) is 4.79 Å². The highest BCUT2D eigenvalue weighted by Gasteiger charge is 2.18. The standard InChI is InChI=1S/C13H19N3O2/c1-9-4-3-6-16(7-5-9)13-14-10(2)8-11(15-13)12(17)18/h8-9H,3-7H2,1-2H3,(H,17,18). The molecule has 1 fully saturated rings. The molecule has 1 N–H and O–H groups in total. The van der Waals surface area contributed by atoms with Gasteiger partial charge in [-0.25, -0.2) is 14.8 Å². The number of aromatic carboxylic acids is 1. The summed E-state index contributed by atoms with van der Waals surface area (Å²) in [4.78, 5) is 21.6. The van der Waals surface area contributed by atoms with Crippen molar-refractivity contribution in [1.82, 2.24) is 9.97 Å². The second-order valence-corrected chi connectivity index (χ2v) is 5.02. The van der Waals surface area contributed by atoms with Crippen LogP contribution < -0.4 is 4.90 Å². The third-order valence-electron chi connectivity index (χ3n) is 3.36. The minimum Gasteiger partial charge on any atom is -0.477 e. The lowest BCUT2D eigenvalue weighted by Gasteiger charge is -2.20. The van der Waals surface area contributed by atoms with Gasteiger partial charge in [0, 0.05) is 18.8 Å². The van der Waals surface area contributed by atoms with E-state index in [0.29, 0.717) is 11.6 Å². The lowest BCUT2D eigenvalue weighted by Crippen LogP contribution is -2.27. The molecule has 2 rings (SSSR count). The summed E-state index contributed by atoms with van der Waals surface area (Å²) in [6, 6.07) is 1.51. The first-order valence-electron chi connectivity index (χ1n) is 6.40. The molecule has 5 heteroatoms. The molecule has 5 nitrogen and oxygen atoms in total. The number of aryl methyl sites for hydroxylation is 1. The minimum atomic E-state index is -0.995. The summed E-state index contributed by atoms with van der Waals surface area (Å²) < 4.78 is 0. The number of anilines is 1. The molecule has 1 unspecified atom stereocenters. The molecule has 18 heavy (non-hydrogen) atoms. The van der Waals surface area contributed by atoms with Gasteiger partial charge in [0.15, 0.2) is 5.69 Å². The summed E-state index contributed by atoms with van der Waals surface area (Å²) in [5.41, 5.74) is 0.782. The molecule has 0 radical (unpaired) electrons. The summed E-state index contributed by atoms with van der Waals surface area (Å²) in [6.07, 6.45) is 3.44. The zero-order valence-corrected chi connectivity index (χ0v) is 10.9. The minimum absolute atomic E-state index is 0.0785. The van der Waals surface area contributed by atoms with Gasteiger partial charge < -0.3 is 10.0 Å². The summed E-state index contributed by atoms with van der Waals surface area (Å²) in [5, 5.41) is 9.02. The monoisotopic (exact) mass is 249 g/mol. The number of carboxylic acid groups (broad SMARTS) is 1.